The summed E-state index contributed by atoms with van der Waals surface area (Å²) in [6.45, 7) is 7.20. The molecule has 2 aliphatic heterocycles. The Morgan fingerprint density at radius 2 is 1.59 bits per heavy atom. The van der Waals surface area contributed by atoms with Crippen LogP contribution in [0.25, 0.3) is 0 Å². The van der Waals surface area contributed by atoms with Crippen molar-refractivity contribution in [2.45, 2.75) is 19.1 Å². The lowest BCUT2D eigenvalue weighted by Gasteiger charge is -2.45. The van der Waals surface area contributed by atoms with E-state index in [4.69, 9.17) is 4.74 Å². The Bertz CT molecular complexity index is 1110. The first-order valence-electron chi connectivity index (χ1n) is 12.0. The first kappa shape index (κ1) is 22.3. The maximum atomic E-state index is 12.9. The van der Waals surface area contributed by atoms with Crippen molar-refractivity contribution in [1.29, 1.82) is 0 Å². The maximum absolute atomic E-state index is 12.9. The molecule has 3 aromatic rings. The summed E-state index contributed by atoms with van der Waals surface area (Å²) >= 11 is 0. The fourth-order valence-electron chi connectivity index (χ4n) is 5.12. The van der Waals surface area contributed by atoms with E-state index in [1.807, 2.05) is 48.5 Å². The highest BCUT2D eigenvalue weighted by atomic mass is 16.5. The molecule has 0 aromatic heterocycles. The summed E-state index contributed by atoms with van der Waals surface area (Å²) < 4.78 is 5.29. The van der Waals surface area contributed by atoms with Crippen molar-refractivity contribution in [2.24, 2.45) is 0 Å². The van der Waals surface area contributed by atoms with Crippen molar-refractivity contribution in [3.8, 4) is 5.75 Å². The number of rotatable bonds is 6. The number of methoxy groups -OCH3 is 1. The second-order valence-electron chi connectivity index (χ2n) is 9.05. The number of anilines is 2. The molecule has 176 valence electrons. The van der Waals surface area contributed by atoms with E-state index in [9.17, 15) is 4.79 Å². The molecule has 1 amide bonds. The molecular formula is C28H32N4O2. The largest absolute Gasteiger partial charge is 0.497 e. The molecule has 5 rings (SSSR count). The van der Waals surface area contributed by atoms with Gasteiger partial charge < -0.3 is 19.9 Å². The Morgan fingerprint density at radius 3 is 2.29 bits per heavy atom. The molecule has 2 aliphatic rings. The van der Waals surface area contributed by atoms with Crippen molar-refractivity contribution >= 4 is 17.3 Å². The van der Waals surface area contributed by atoms with Crippen LogP contribution in [0.5, 0.6) is 5.75 Å². The van der Waals surface area contributed by atoms with Gasteiger partial charge in [0.25, 0.3) is 5.91 Å². The van der Waals surface area contributed by atoms with E-state index in [1.165, 1.54) is 5.69 Å². The monoisotopic (exact) mass is 456 g/mol. The van der Waals surface area contributed by atoms with Crippen LogP contribution in [0.2, 0.25) is 0 Å². The van der Waals surface area contributed by atoms with Gasteiger partial charge >= 0.3 is 0 Å². The highest BCUT2D eigenvalue weighted by molar-refractivity contribution is 6.02. The molecule has 6 nitrogen and oxygen atoms in total. The quantitative estimate of drug-likeness (QED) is 0.604. The summed E-state index contributed by atoms with van der Waals surface area (Å²) in [5.74, 6) is 0.874. The number of fused-ring (bicyclic) bond motifs is 1. The second-order valence-corrected chi connectivity index (χ2v) is 9.05. The zero-order chi connectivity index (χ0) is 23.5. The summed E-state index contributed by atoms with van der Waals surface area (Å²) in [6, 6.07) is 26.7. The van der Waals surface area contributed by atoms with Gasteiger partial charge in [-0.1, -0.05) is 42.5 Å². The van der Waals surface area contributed by atoms with E-state index >= 15 is 0 Å². The van der Waals surface area contributed by atoms with Gasteiger partial charge in [-0.2, -0.15) is 0 Å². The molecule has 1 N–H and O–H groups in total. The van der Waals surface area contributed by atoms with Crippen LogP contribution in [-0.4, -0.2) is 56.7 Å². The second kappa shape index (κ2) is 9.77. The summed E-state index contributed by atoms with van der Waals surface area (Å²) in [7, 11) is 1.70. The van der Waals surface area contributed by atoms with Crippen LogP contribution in [0.3, 0.4) is 0 Å². The normalized spacial score (nSPS) is 19.4. The number of hydrogen-bond acceptors (Lipinski definition) is 5. The van der Waals surface area contributed by atoms with Gasteiger partial charge in [-0.3, -0.25) is 9.69 Å². The first-order valence-corrected chi connectivity index (χ1v) is 12.0. The standard InChI is InChI=1S/C28H32N4O2/c1-21(20-30-16-18-31(19-17-30)23-12-14-24(34-2)15-13-23)32-26-11-7-6-10-25(26)28(33)29-27(32)22-8-4-3-5-9-22/h3-15,21,27H,16-20H2,1-2H3,(H,29,33). The molecule has 6 heteroatoms. The Morgan fingerprint density at radius 1 is 0.912 bits per heavy atom. The number of carbonyl (C=O) groups excluding carboxylic acids is 1. The molecule has 0 saturated carbocycles. The van der Waals surface area contributed by atoms with Gasteiger partial charge in [0.15, 0.2) is 0 Å². The highest BCUT2D eigenvalue weighted by Gasteiger charge is 2.35. The van der Waals surface area contributed by atoms with Gasteiger partial charge in [0.05, 0.1) is 18.4 Å². The number of nitrogens with one attached hydrogen (secondary N) is 1. The molecule has 2 heterocycles. The molecule has 0 spiro atoms. The molecule has 0 aliphatic carbocycles. The van der Waals surface area contributed by atoms with Gasteiger partial charge in [-0.05, 0) is 48.9 Å². The summed E-state index contributed by atoms with van der Waals surface area (Å²) in [4.78, 5) is 20.2. The average molecular weight is 457 g/mol. The Labute approximate surface area is 201 Å². The van der Waals surface area contributed by atoms with Gasteiger partial charge in [-0.15, -0.1) is 0 Å². The Kier molecular flexibility index (Phi) is 6.41. The molecule has 3 aromatic carbocycles. The van der Waals surface area contributed by atoms with Gasteiger partial charge in [0.2, 0.25) is 0 Å². The smallest absolute Gasteiger partial charge is 0.255 e. The molecule has 1 saturated heterocycles. The minimum absolute atomic E-state index is 0.0130. The number of amides is 1. The third-order valence-electron chi connectivity index (χ3n) is 6.90. The van der Waals surface area contributed by atoms with Crippen molar-refractivity contribution in [3.63, 3.8) is 0 Å². The van der Waals surface area contributed by atoms with Crippen LogP contribution in [-0.2, 0) is 0 Å². The molecule has 0 bridgehead atoms. The van der Waals surface area contributed by atoms with Crippen LogP contribution in [0.1, 0.15) is 29.0 Å². The molecular weight excluding hydrogens is 424 g/mol. The van der Waals surface area contributed by atoms with Crippen LogP contribution in [0, 0.1) is 0 Å². The zero-order valence-electron chi connectivity index (χ0n) is 19.9. The summed E-state index contributed by atoms with van der Waals surface area (Å²) in [5.41, 5.74) is 4.09. The highest BCUT2D eigenvalue weighted by Crippen LogP contribution is 2.35. The molecule has 34 heavy (non-hydrogen) atoms. The van der Waals surface area contributed by atoms with Gasteiger partial charge in [-0.25, -0.2) is 0 Å². The van der Waals surface area contributed by atoms with Crippen molar-refractivity contribution in [3.05, 3.63) is 90.0 Å². The van der Waals surface area contributed by atoms with E-state index in [2.05, 4.69) is 57.3 Å². The Balaban J connectivity index is 1.31. The minimum atomic E-state index is -0.181. The van der Waals surface area contributed by atoms with E-state index in [0.29, 0.717) is 0 Å². The number of ether oxygens (including phenoxy) is 1. The van der Waals surface area contributed by atoms with E-state index in [1.54, 1.807) is 7.11 Å². The van der Waals surface area contributed by atoms with E-state index < -0.39 is 0 Å². The molecule has 1 fully saturated rings. The fraction of sp³-hybridized carbons (Fsp3) is 0.321. The predicted molar refractivity (Wildman–Crippen MR) is 137 cm³/mol. The van der Waals surface area contributed by atoms with Crippen LogP contribution >= 0.6 is 0 Å². The zero-order valence-corrected chi connectivity index (χ0v) is 19.9. The number of nitrogens with zero attached hydrogens (tertiary/aromatic N) is 3. The first-order chi connectivity index (χ1) is 16.6. The fourth-order valence-corrected chi connectivity index (χ4v) is 5.12. The maximum Gasteiger partial charge on any atom is 0.255 e. The van der Waals surface area contributed by atoms with Crippen LogP contribution < -0.4 is 19.9 Å². The lowest BCUT2D eigenvalue weighted by atomic mass is 10.0. The van der Waals surface area contributed by atoms with E-state index in [0.717, 1.165) is 55.3 Å². The number of benzene rings is 3. The lowest BCUT2D eigenvalue weighted by Crippen LogP contribution is -2.55. The predicted octanol–water partition coefficient (Wildman–Crippen LogP) is 4.15. The third-order valence-corrected chi connectivity index (χ3v) is 6.90. The number of para-hydroxylation sites is 1. The van der Waals surface area contributed by atoms with Gasteiger partial charge in [0, 0.05) is 44.5 Å². The van der Waals surface area contributed by atoms with Gasteiger partial charge in [0.1, 0.15) is 11.9 Å². The third kappa shape index (κ3) is 4.46. The van der Waals surface area contributed by atoms with Crippen LogP contribution in [0.4, 0.5) is 11.4 Å². The average Bonchev–Trinajstić information content (AvgIpc) is 2.89. The molecule has 0 radical (unpaired) electrons. The topological polar surface area (TPSA) is 48.1 Å². The number of hydrogen-bond donors (Lipinski definition) is 1. The van der Waals surface area contributed by atoms with Crippen molar-refractivity contribution < 1.29 is 9.53 Å². The van der Waals surface area contributed by atoms with E-state index in [-0.39, 0.29) is 18.1 Å². The summed E-state index contributed by atoms with van der Waals surface area (Å²) in [6.07, 6.45) is -0.181. The van der Waals surface area contributed by atoms with Crippen molar-refractivity contribution in [2.75, 3.05) is 49.6 Å². The van der Waals surface area contributed by atoms with Crippen LogP contribution in [0.15, 0.2) is 78.9 Å². The molecule has 2 atom stereocenters. The lowest BCUT2D eigenvalue weighted by molar-refractivity contribution is 0.0922. The SMILES string of the molecule is COc1ccc(N2CCN(CC(C)N3c4ccccc4C(=O)NC3c3ccccc3)CC2)cc1. The number of piperazine rings is 1. The number of carbonyl (C=O) groups is 1. The Hall–Kier alpha value is -3.51. The summed E-state index contributed by atoms with van der Waals surface area (Å²) in [5, 5.41) is 3.24. The minimum Gasteiger partial charge on any atom is -0.497 e. The molecule has 2 unspecified atom stereocenters. The van der Waals surface area contributed by atoms with Crippen molar-refractivity contribution in [1.82, 2.24) is 10.2 Å².